The number of hydrogen-bond acceptors (Lipinski definition) is 4. The second kappa shape index (κ2) is 7.14. The number of hydrogen-bond donors (Lipinski definition) is 2. The molecular formula is C15H22N2O3. The zero-order valence-corrected chi connectivity index (χ0v) is 11.9. The molecule has 20 heavy (non-hydrogen) atoms. The molecule has 5 heteroatoms. The van der Waals surface area contributed by atoms with Crippen LogP contribution in [0.2, 0.25) is 0 Å². The van der Waals surface area contributed by atoms with E-state index in [1.165, 1.54) is 6.42 Å². The predicted octanol–water partition coefficient (Wildman–Crippen LogP) is 2.32. The van der Waals surface area contributed by atoms with Gasteiger partial charge >= 0.3 is 0 Å². The molecule has 1 atom stereocenters. The molecule has 1 aromatic rings. The number of rotatable bonds is 6. The van der Waals surface area contributed by atoms with Gasteiger partial charge in [0.2, 0.25) is 0 Å². The molecule has 1 unspecified atom stereocenters. The van der Waals surface area contributed by atoms with Crippen molar-refractivity contribution >= 4 is 5.84 Å². The summed E-state index contributed by atoms with van der Waals surface area (Å²) in [6.45, 7) is 3.79. The number of amidine groups is 1. The van der Waals surface area contributed by atoms with E-state index in [9.17, 15) is 0 Å². The molecule has 5 nitrogen and oxygen atoms in total. The van der Waals surface area contributed by atoms with Crippen molar-refractivity contribution in [1.82, 2.24) is 0 Å². The van der Waals surface area contributed by atoms with Crippen molar-refractivity contribution in [1.29, 1.82) is 5.41 Å². The van der Waals surface area contributed by atoms with E-state index in [4.69, 9.17) is 25.4 Å². The third-order valence-corrected chi connectivity index (χ3v) is 3.25. The van der Waals surface area contributed by atoms with Crippen LogP contribution in [-0.4, -0.2) is 31.8 Å². The van der Waals surface area contributed by atoms with Crippen LogP contribution in [0.15, 0.2) is 18.2 Å². The maximum Gasteiger partial charge on any atom is 0.161 e. The van der Waals surface area contributed by atoms with Gasteiger partial charge in [0.1, 0.15) is 12.4 Å². The molecule has 0 saturated carbocycles. The summed E-state index contributed by atoms with van der Waals surface area (Å²) in [5.74, 6) is 1.31. The Morgan fingerprint density at radius 1 is 1.35 bits per heavy atom. The first-order valence-corrected chi connectivity index (χ1v) is 7.06. The Kier molecular flexibility index (Phi) is 5.24. The first-order valence-electron chi connectivity index (χ1n) is 7.06. The van der Waals surface area contributed by atoms with E-state index in [1.807, 2.05) is 6.92 Å². The maximum absolute atomic E-state index is 7.46. The number of nitrogen functional groups attached to an aromatic ring is 1. The van der Waals surface area contributed by atoms with E-state index >= 15 is 0 Å². The minimum Gasteiger partial charge on any atom is -0.490 e. The van der Waals surface area contributed by atoms with Crippen molar-refractivity contribution in [3.05, 3.63) is 23.8 Å². The Morgan fingerprint density at radius 2 is 2.20 bits per heavy atom. The van der Waals surface area contributed by atoms with Crippen LogP contribution in [-0.2, 0) is 4.74 Å². The van der Waals surface area contributed by atoms with Gasteiger partial charge in [0, 0.05) is 12.2 Å². The summed E-state index contributed by atoms with van der Waals surface area (Å²) in [4.78, 5) is 0. The highest BCUT2D eigenvalue weighted by Gasteiger charge is 2.16. The lowest BCUT2D eigenvalue weighted by atomic mass is 10.1. The molecule has 0 radical (unpaired) electrons. The second-order valence-electron chi connectivity index (χ2n) is 4.81. The highest BCUT2D eigenvalue weighted by molar-refractivity contribution is 5.95. The Morgan fingerprint density at radius 3 is 2.85 bits per heavy atom. The highest BCUT2D eigenvalue weighted by Crippen LogP contribution is 2.29. The minimum atomic E-state index is 0.0214. The summed E-state index contributed by atoms with van der Waals surface area (Å²) in [6.07, 6.45) is 3.52. The van der Waals surface area contributed by atoms with Crippen LogP contribution < -0.4 is 15.2 Å². The average molecular weight is 278 g/mol. The van der Waals surface area contributed by atoms with E-state index in [0.717, 1.165) is 19.4 Å². The van der Waals surface area contributed by atoms with Crippen molar-refractivity contribution in [2.75, 3.05) is 19.8 Å². The van der Waals surface area contributed by atoms with Gasteiger partial charge < -0.3 is 19.9 Å². The quantitative estimate of drug-likeness (QED) is 0.618. The Hall–Kier alpha value is -1.75. The summed E-state index contributed by atoms with van der Waals surface area (Å²) in [5.41, 5.74) is 6.12. The van der Waals surface area contributed by atoms with Gasteiger partial charge in [-0.15, -0.1) is 0 Å². The lowest BCUT2D eigenvalue weighted by Gasteiger charge is -2.23. The summed E-state index contributed by atoms with van der Waals surface area (Å²) < 4.78 is 17.0. The molecule has 0 aromatic heterocycles. The van der Waals surface area contributed by atoms with Gasteiger partial charge in [-0.2, -0.15) is 0 Å². The molecule has 2 rings (SSSR count). The van der Waals surface area contributed by atoms with Gasteiger partial charge in [0.25, 0.3) is 0 Å². The van der Waals surface area contributed by atoms with E-state index in [1.54, 1.807) is 18.2 Å². The smallest absolute Gasteiger partial charge is 0.161 e. The standard InChI is InChI=1S/C15H22N2O3/c1-2-18-14-9-11(15(16)17)6-7-13(14)20-10-12-5-3-4-8-19-12/h6-7,9,12H,2-5,8,10H2,1H3,(H3,16,17). The molecule has 0 aliphatic carbocycles. The molecule has 0 spiro atoms. The Labute approximate surface area is 119 Å². The first-order chi connectivity index (χ1) is 9.70. The van der Waals surface area contributed by atoms with Crippen molar-refractivity contribution in [2.24, 2.45) is 5.73 Å². The van der Waals surface area contributed by atoms with Gasteiger partial charge in [-0.1, -0.05) is 0 Å². The van der Waals surface area contributed by atoms with E-state index < -0.39 is 0 Å². The molecule has 3 N–H and O–H groups in total. The van der Waals surface area contributed by atoms with E-state index in [2.05, 4.69) is 0 Å². The third kappa shape index (κ3) is 3.87. The SMILES string of the molecule is CCOc1cc(C(=N)N)ccc1OCC1CCCCO1. The minimum absolute atomic E-state index is 0.0214. The van der Waals surface area contributed by atoms with Gasteiger partial charge in [0.05, 0.1) is 12.7 Å². The van der Waals surface area contributed by atoms with Crippen LogP contribution in [0.25, 0.3) is 0 Å². The molecule has 1 saturated heterocycles. The van der Waals surface area contributed by atoms with Crippen molar-refractivity contribution < 1.29 is 14.2 Å². The largest absolute Gasteiger partial charge is 0.490 e. The topological polar surface area (TPSA) is 77.6 Å². The summed E-state index contributed by atoms with van der Waals surface area (Å²) in [7, 11) is 0. The summed E-state index contributed by atoms with van der Waals surface area (Å²) >= 11 is 0. The van der Waals surface area contributed by atoms with Crippen LogP contribution in [0.4, 0.5) is 0 Å². The average Bonchev–Trinajstić information content (AvgIpc) is 2.47. The molecule has 1 aliphatic heterocycles. The van der Waals surface area contributed by atoms with E-state index in [-0.39, 0.29) is 11.9 Å². The molecule has 1 aromatic carbocycles. The fourth-order valence-corrected chi connectivity index (χ4v) is 2.18. The molecule has 1 aliphatic rings. The predicted molar refractivity (Wildman–Crippen MR) is 77.7 cm³/mol. The third-order valence-electron chi connectivity index (χ3n) is 3.25. The van der Waals surface area contributed by atoms with Gasteiger partial charge in [-0.25, -0.2) is 0 Å². The fraction of sp³-hybridized carbons (Fsp3) is 0.533. The number of nitrogens with one attached hydrogen (secondary N) is 1. The Bertz CT molecular complexity index is 456. The summed E-state index contributed by atoms with van der Waals surface area (Å²) in [6, 6.07) is 5.30. The molecule has 0 bridgehead atoms. The molecular weight excluding hydrogens is 256 g/mol. The van der Waals surface area contributed by atoms with Crippen LogP contribution >= 0.6 is 0 Å². The van der Waals surface area contributed by atoms with Gasteiger partial charge in [0.15, 0.2) is 11.5 Å². The van der Waals surface area contributed by atoms with Crippen LogP contribution in [0, 0.1) is 5.41 Å². The molecule has 110 valence electrons. The van der Waals surface area contributed by atoms with Crippen LogP contribution in [0.3, 0.4) is 0 Å². The zero-order valence-electron chi connectivity index (χ0n) is 11.9. The lowest BCUT2D eigenvalue weighted by Crippen LogP contribution is -2.26. The molecule has 0 amide bonds. The number of ether oxygens (including phenoxy) is 3. The van der Waals surface area contributed by atoms with Crippen LogP contribution in [0.5, 0.6) is 11.5 Å². The Balaban J connectivity index is 2.03. The number of benzene rings is 1. The normalized spacial score (nSPS) is 18.6. The van der Waals surface area contributed by atoms with Gasteiger partial charge in [-0.3, -0.25) is 5.41 Å². The fourth-order valence-electron chi connectivity index (χ4n) is 2.18. The molecule has 1 fully saturated rings. The first kappa shape index (κ1) is 14.7. The second-order valence-corrected chi connectivity index (χ2v) is 4.81. The van der Waals surface area contributed by atoms with Crippen molar-refractivity contribution in [2.45, 2.75) is 32.3 Å². The van der Waals surface area contributed by atoms with Crippen molar-refractivity contribution in [3.8, 4) is 11.5 Å². The zero-order chi connectivity index (χ0) is 14.4. The molecule has 1 heterocycles. The summed E-state index contributed by atoms with van der Waals surface area (Å²) in [5, 5.41) is 7.46. The van der Waals surface area contributed by atoms with E-state index in [0.29, 0.717) is 30.3 Å². The number of nitrogens with two attached hydrogens (primary N) is 1. The van der Waals surface area contributed by atoms with Crippen molar-refractivity contribution in [3.63, 3.8) is 0 Å². The lowest BCUT2D eigenvalue weighted by molar-refractivity contribution is -0.0115. The van der Waals surface area contributed by atoms with Gasteiger partial charge in [-0.05, 0) is 44.4 Å². The highest BCUT2D eigenvalue weighted by atomic mass is 16.5. The maximum atomic E-state index is 7.46. The monoisotopic (exact) mass is 278 g/mol. The van der Waals surface area contributed by atoms with Crippen LogP contribution in [0.1, 0.15) is 31.7 Å².